The Balaban J connectivity index is 2.49. The van der Waals surface area contributed by atoms with Gasteiger partial charge in [0.15, 0.2) is 5.13 Å². The largest absolute Gasteiger partial charge is 0.351 e. The van der Waals surface area contributed by atoms with E-state index in [2.05, 4.69) is 44.6 Å². The number of aryl methyl sites for hydroxylation is 2. The number of aromatic nitrogens is 1. The number of anilines is 1. The molecule has 0 radical (unpaired) electrons. The molecule has 0 saturated heterocycles. The first-order valence-electron chi connectivity index (χ1n) is 5.82. The molecule has 0 aliphatic rings. The number of nitrogens with zero attached hydrogens (tertiary/aromatic N) is 2. The van der Waals surface area contributed by atoms with Crippen molar-refractivity contribution < 1.29 is 0 Å². The van der Waals surface area contributed by atoms with Gasteiger partial charge in [-0.15, -0.1) is 11.3 Å². The minimum atomic E-state index is 0.282. The molecule has 0 saturated carbocycles. The molecule has 1 unspecified atom stereocenters. The minimum absolute atomic E-state index is 0.282. The standard InChI is InChI=1S/C12H23N3S/c1-8(2)11(13)6-7-15(5)12-14-9(3)10(4)16-12/h8,11H,6-7,13H2,1-5H3. The molecule has 0 spiro atoms. The molecule has 1 atom stereocenters. The quantitative estimate of drug-likeness (QED) is 0.861. The maximum atomic E-state index is 6.03. The third-order valence-corrected chi connectivity index (χ3v) is 4.19. The first kappa shape index (κ1) is 13.5. The van der Waals surface area contributed by atoms with Gasteiger partial charge in [-0.1, -0.05) is 13.8 Å². The zero-order valence-corrected chi connectivity index (χ0v) is 11.8. The van der Waals surface area contributed by atoms with Gasteiger partial charge in [-0.05, 0) is 26.2 Å². The highest BCUT2D eigenvalue weighted by atomic mass is 32.1. The molecule has 1 aromatic heterocycles. The molecule has 16 heavy (non-hydrogen) atoms. The Hall–Kier alpha value is -0.610. The Morgan fingerprint density at radius 2 is 2.00 bits per heavy atom. The van der Waals surface area contributed by atoms with E-state index < -0.39 is 0 Å². The van der Waals surface area contributed by atoms with Crippen LogP contribution in [0.5, 0.6) is 0 Å². The maximum Gasteiger partial charge on any atom is 0.185 e. The second-order valence-corrected chi connectivity index (χ2v) is 5.94. The highest BCUT2D eigenvalue weighted by Gasteiger charge is 2.12. The molecule has 3 nitrogen and oxygen atoms in total. The van der Waals surface area contributed by atoms with Crippen LogP contribution in [0.1, 0.15) is 30.8 Å². The van der Waals surface area contributed by atoms with Gasteiger partial charge in [-0.3, -0.25) is 0 Å². The Morgan fingerprint density at radius 1 is 1.38 bits per heavy atom. The number of nitrogens with two attached hydrogens (primary N) is 1. The van der Waals surface area contributed by atoms with Gasteiger partial charge in [0.1, 0.15) is 0 Å². The van der Waals surface area contributed by atoms with Crippen LogP contribution in [0.4, 0.5) is 5.13 Å². The lowest BCUT2D eigenvalue weighted by Gasteiger charge is -2.20. The number of hydrogen-bond donors (Lipinski definition) is 1. The predicted octanol–water partition coefficient (Wildman–Crippen LogP) is 2.57. The van der Waals surface area contributed by atoms with Crippen molar-refractivity contribution in [3.8, 4) is 0 Å². The highest BCUT2D eigenvalue weighted by Crippen LogP contribution is 2.24. The molecule has 92 valence electrons. The Bertz CT molecular complexity index is 314. The van der Waals surface area contributed by atoms with E-state index in [1.54, 1.807) is 11.3 Å². The fourth-order valence-electron chi connectivity index (χ4n) is 1.39. The summed E-state index contributed by atoms with van der Waals surface area (Å²) >= 11 is 1.76. The smallest absolute Gasteiger partial charge is 0.185 e. The summed E-state index contributed by atoms with van der Waals surface area (Å²) in [5, 5.41) is 1.10. The summed E-state index contributed by atoms with van der Waals surface area (Å²) in [5.41, 5.74) is 7.17. The number of rotatable bonds is 5. The average molecular weight is 241 g/mol. The Kier molecular flexibility index (Phi) is 4.74. The van der Waals surface area contributed by atoms with Crippen LogP contribution < -0.4 is 10.6 Å². The van der Waals surface area contributed by atoms with Gasteiger partial charge >= 0.3 is 0 Å². The van der Waals surface area contributed by atoms with Crippen molar-refractivity contribution in [2.75, 3.05) is 18.5 Å². The van der Waals surface area contributed by atoms with Gasteiger partial charge in [-0.2, -0.15) is 0 Å². The van der Waals surface area contributed by atoms with Crippen molar-refractivity contribution in [2.45, 2.75) is 40.2 Å². The van der Waals surface area contributed by atoms with E-state index in [0.717, 1.165) is 23.8 Å². The molecule has 0 amide bonds. The van der Waals surface area contributed by atoms with E-state index in [9.17, 15) is 0 Å². The van der Waals surface area contributed by atoms with Crippen LogP contribution >= 0.6 is 11.3 Å². The van der Waals surface area contributed by atoms with Crippen LogP contribution in [0.2, 0.25) is 0 Å². The van der Waals surface area contributed by atoms with E-state index in [4.69, 9.17) is 5.73 Å². The molecule has 1 rings (SSSR count). The van der Waals surface area contributed by atoms with E-state index in [1.165, 1.54) is 4.88 Å². The van der Waals surface area contributed by atoms with Crippen LogP contribution in [0.25, 0.3) is 0 Å². The number of hydrogen-bond acceptors (Lipinski definition) is 4. The third kappa shape index (κ3) is 3.46. The van der Waals surface area contributed by atoms with E-state index >= 15 is 0 Å². The number of thiazole rings is 1. The van der Waals surface area contributed by atoms with Gasteiger partial charge < -0.3 is 10.6 Å². The van der Waals surface area contributed by atoms with E-state index in [-0.39, 0.29) is 6.04 Å². The zero-order chi connectivity index (χ0) is 12.3. The monoisotopic (exact) mass is 241 g/mol. The molecule has 0 aromatic carbocycles. The SMILES string of the molecule is Cc1nc(N(C)CCC(N)C(C)C)sc1C. The summed E-state index contributed by atoms with van der Waals surface area (Å²) in [6.07, 6.45) is 1.02. The Morgan fingerprint density at radius 3 is 2.44 bits per heavy atom. The van der Waals surface area contributed by atoms with Crippen LogP contribution in [0.3, 0.4) is 0 Å². The third-order valence-electron chi connectivity index (χ3n) is 3.00. The van der Waals surface area contributed by atoms with Crippen molar-refractivity contribution >= 4 is 16.5 Å². The van der Waals surface area contributed by atoms with Crippen molar-refractivity contribution in [3.05, 3.63) is 10.6 Å². The predicted molar refractivity (Wildman–Crippen MR) is 72.3 cm³/mol. The van der Waals surface area contributed by atoms with Crippen LogP contribution in [0.15, 0.2) is 0 Å². The molecular formula is C12H23N3S. The summed E-state index contributed by atoms with van der Waals surface area (Å²) in [5.74, 6) is 0.549. The first-order valence-corrected chi connectivity index (χ1v) is 6.64. The fourth-order valence-corrected chi connectivity index (χ4v) is 2.29. The topological polar surface area (TPSA) is 42.2 Å². The molecular weight excluding hydrogens is 218 g/mol. The molecule has 1 aromatic rings. The summed E-state index contributed by atoms with van der Waals surface area (Å²) in [6, 6.07) is 0.282. The molecule has 2 N–H and O–H groups in total. The summed E-state index contributed by atoms with van der Waals surface area (Å²) in [4.78, 5) is 8.04. The molecule has 1 heterocycles. The van der Waals surface area contributed by atoms with Gasteiger partial charge in [0.2, 0.25) is 0 Å². The summed E-state index contributed by atoms with van der Waals surface area (Å²) < 4.78 is 0. The van der Waals surface area contributed by atoms with Gasteiger partial charge in [0.05, 0.1) is 5.69 Å². The summed E-state index contributed by atoms with van der Waals surface area (Å²) in [7, 11) is 2.09. The lowest BCUT2D eigenvalue weighted by molar-refractivity contribution is 0.466. The van der Waals surface area contributed by atoms with E-state index in [1.807, 2.05) is 0 Å². The Labute approximate surface area is 103 Å². The molecule has 0 aliphatic carbocycles. The zero-order valence-electron chi connectivity index (χ0n) is 10.9. The second kappa shape index (κ2) is 5.64. The van der Waals surface area contributed by atoms with Crippen molar-refractivity contribution in [1.82, 2.24) is 4.98 Å². The van der Waals surface area contributed by atoms with Crippen LogP contribution in [-0.4, -0.2) is 24.6 Å². The van der Waals surface area contributed by atoms with Crippen LogP contribution in [0, 0.1) is 19.8 Å². The lowest BCUT2D eigenvalue weighted by atomic mass is 10.0. The van der Waals surface area contributed by atoms with Gasteiger partial charge in [0.25, 0.3) is 0 Å². The van der Waals surface area contributed by atoms with Gasteiger partial charge in [0, 0.05) is 24.5 Å². The highest BCUT2D eigenvalue weighted by molar-refractivity contribution is 7.15. The normalized spacial score (nSPS) is 13.2. The maximum absolute atomic E-state index is 6.03. The molecule has 0 bridgehead atoms. The van der Waals surface area contributed by atoms with Crippen molar-refractivity contribution in [1.29, 1.82) is 0 Å². The van der Waals surface area contributed by atoms with Crippen LogP contribution in [-0.2, 0) is 0 Å². The summed E-state index contributed by atoms with van der Waals surface area (Å²) in [6.45, 7) is 9.49. The fraction of sp³-hybridized carbons (Fsp3) is 0.750. The molecule has 4 heteroatoms. The van der Waals surface area contributed by atoms with E-state index in [0.29, 0.717) is 5.92 Å². The minimum Gasteiger partial charge on any atom is -0.351 e. The molecule has 0 fully saturated rings. The first-order chi connectivity index (χ1) is 7.41. The van der Waals surface area contributed by atoms with Crippen molar-refractivity contribution in [3.63, 3.8) is 0 Å². The lowest BCUT2D eigenvalue weighted by Crippen LogP contribution is -2.31. The van der Waals surface area contributed by atoms with Crippen molar-refractivity contribution in [2.24, 2.45) is 11.7 Å². The molecule has 0 aliphatic heterocycles. The average Bonchev–Trinajstić information content (AvgIpc) is 2.55. The second-order valence-electron chi connectivity index (χ2n) is 4.76. The van der Waals surface area contributed by atoms with Gasteiger partial charge in [-0.25, -0.2) is 4.98 Å².